The number of benzene rings is 1. The van der Waals surface area contributed by atoms with Crippen LogP contribution in [-0.2, 0) is 16.1 Å². The van der Waals surface area contributed by atoms with Gasteiger partial charge in [-0.2, -0.15) is 0 Å². The molecular weight excluding hydrogens is 349 g/mol. The predicted octanol–water partition coefficient (Wildman–Crippen LogP) is 2.39. The molecule has 7 heteroatoms. The van der Waals surface area contributed by atoms with E-state index in [-0.39, 0.29) is 12.5 Å². The minimum absolute atomic E-state index is 0.109. The Balaban J connectivity index is 2.04. The van der Waals surface area contributed by atoms with Crippen LogP contribution in [0, 0.1) is 0 Å². The minimum Gasteiger partial charge on any atom is -0.383 e. The van der Waals surface area contributed by atoms with E-state index in [0.717, 1.165) is 25.2 Å². The van der Waals surface area contributed by atoms with Gasteiger partial charge in [0.15, 0.2) is 0 Å². The van der Waals surface area contributed by atoms with Gasteiger partial charge in [-0.1, -0.05) is 29.3 Å². The third-order valence-corrected chi connectivity index (χ3v) is 4.96. The lowest BCUT2D eigenvalue weighted by atomic mass is 10.2. The summed E-state index contributed by atoms with van der Waals surface area (Å²) in [6.07, 6.45) is 2.45. The number of hydrogen-bond acceptors (Lipinski definition) is 4. The number of carbonyl (C=O) groups excluding carboxylic acids is 1. The largest absolute Gasteiger partial charge is 0.383 e. The van der Waals surface area contributed by atoms with E-state index in [1.54, 1.807) is 24.1 Å². The van der Waals surface area contributed by atoms with Crippen LogP contribution in [0.15, 0.2) is 18.2 Å². The Morgan fingerprint density at radius 2 is 2.04 bits per heavy atom. The molecule has 0 spiro atoms. The topological polar surface area (TPSA) is 58.8 Å². The van der Waals surface area contributed by atoms with Gasteiger partial charge < -0.3 is 20.3 Å². The molecule has 0 bridgehead atoms. The van der Waals surface area contributed by atoms with Gasteiger partial charge in [-0.05, 0) is 43.6 Å². The van der Waals surface area contributed by atoms with Gasteiger partial charge in [-0.3, -0.25) is 4.79 Å². The highest BCUT2D eigenvalue weighted by atomic mass is 35.5. The van der Waals surface area contributed by atoms with Crippen LogP contribution < -0.4 is 5.73 Å². The van der Waals surface area contributed by atoms with Gasteiger partial charge >= 0.3 is 0 Å². The molecule has 1 aliphatic rings. The van der Waals surface area contributed by atoms with Gasteiger partial charge in [-0.15, -0.1) is 0 Å². The first-order valence-electron chi connectivity index (χ1n) is 8.21. The molecule has 134 valence electrons. The van der Waals surface area contributed by atoms with Crippen LogP contribution in [-0.4, -0.2) is 61.6 Å². The number of methoxy groups -OCH3 is 1. The number of halogens is 2. The van der Waals surface area contributed by atoms with Crippen molar-refractivity contribution >= 4 is 29.1 Å². The summed E-state index contributed by atoms with van der Waals surface area (Å²) < 4.78 is 5.02. The second-order valence-corrected chi connectivity index (χ2v) is 6.93. The normalized spacial score (nSPS) is 16.3. The SMILES string of the molecule is COCC(N)C(=O)N(CCN1CCCC1)Cc1ccc(Cl)c(Cl)c1. The summed E-state index contributed by atoms with van der Waals surface area (Å²) in [6, 6.07) is 4.77. The Labute approximate surface area is 153 Å². The Hall–Kier alpha value is -0.850. The fraction of sp³-hybridized carbons (Fsp3) is 0.588. The van der Waals surface area contributed by atoms with E-state index in [9.17, 15) is 4.79 Å². The molecule has 0 radical (unpaired) electrons. The molecule has 1 aliphatic heterocycles. The van der Waals surface area contributed by atoms with Crippen molar-refractivity contribution in [2.24, 2.45) is 5.73 Å². The van der Waals surface area contributed by atoms with Crippen molar-refractivity contribution in [1.29, 1.82) is 0 Å². The number of amides is 1. The maximum Gasteiger partial charge on any atom is 0.242 e. The first-order valence-corrected chi connectivity index (χ1v) is 8.96. The van der Waals surface area contributed by atoms with Crippen LogP contribution >= 0.6 is 23.2 Å². The van der Waals surface area contributed by atoms with Gasteiger partial charge in [0.05, 0.1) is 16.7 Å². The summed E-state index contributed by atoms with van der Waals surface area (Å²) >= 11 is 12.0. The van der Waals surface area contributed by atoms with Crippen molar-refractivity contribution in [3.63, 3.8) is 0 Å². The third kappa shape index (κ3) is 5.60. The van der Waals surface area contributed by atoms with E-state index in [2.05, 4.69) is 4.90 Å². The molecular formula is C17H25Cl2N3O2. The van der Waals surface area contributed by atoms with Crippen LogP contribution in [0.5, 0.6) is 0 Å². The number of carbonyl (C=O) groups is 1. The van der Waals surface area contributed by atoms with Gasteiger partial charge in [0.25, 0.3) is 0 Å². The molecule has 0 saturated carbocycles. The van der Waals surface area contributed by atoms with Gasteiger partial charge in [0.2, 0.25) is 5.91 Å². The standard InChI is InChI=1S/C17H25Cl2N3O2/c1-24-12-16(20)17(23)22(9-8-21-6-2-3-7-21)11-13-4-5-14(18)15(19)10-13/h4-5,10,16H,2-3,6-9,11-12,20H2,1H3. The van der Waals surface area contributed by atoms with Crippen LogP contribution in [0.3, 0.4) is 0 Å². The zero-order valence-electron chi connectivity index (χ0n) is 14.0. The van der Waals surface area contributed by atoms with Crippen LogP contribution in [0.4, 0.5) is 0 Å². The Morgan fingerprint density at radius 3 is 2.67 bits per heavy atom. The van der Waals surface area contributed by atoms with Crippen molar-refractivity contribution in [1.82, 2.24) is 9.80 Å². The van der Waals surface area contributed by atoms with Crippen LogP contribution in [0.1, 0.15) is 18.4 Å². The highest BCUT2D eigenvalue weighted by Gasteiger charge is 2.22. The summed E-state index contributed by atoms with van der Waals surface area (Å²) in [5.41, 5.74) is 6.88. The van der Waals surface area contributed by atoms with Crippen molar-refractivity contribution in [3.05, 3.63) is 33.8 Å². The van der Waals surface area contributed by atoms with Crippen molar-refractivity contribution < 1.29 is 9.53 Å². The van der Waals surface area contributed by atoms with Gasteiger partial charge in [0, 0.05) is 26.7 Å². The Kier molecular flexibility index (Phi) is 7.78. The van der Waals surface area contributed by atoms with Gasteiger partial charge in [0.1, 0.15) is 6.04 Å². The zero-order valence-corrected chi connectivity index (χ0v) is 15.5. The van der Waals surface area contributed by atoms with E-state index in [4.69, 9.17) is 33.7 Å². The fourth-order valence-electron chi connectivity index (χ4n) is 2.88. The number of nitrogens with zero attached hydrogens (tertiary/aromatic N) is 2. The number of likely N-dealkylation sites (tertiary alicyclic amines) is 1. The number of ether oxygens (including phenoxy) is 1. The molecule has 1 amide bonds. The number of rotatable bonds is 8. The first kappa shape index (κ1) is 19.5. The summed E-state index contributed by atoms with van der Waals surface area (Å²) in [5, 5.41) is 0.994. The van der Waals surface area contributed by atoms with E-state index in [1.807, 2.05) is 6.07 Å². The lowest BCUT2D eigenvalue weighted by Crippen LogP contribution is -2.47. The highest BCUT2D eigenvalue weighted by Crippen LogP contribution is 2.23. The molecule has 1 unspecified atom stereocenters. The zero-order chi connectivity index (χ0) is 17.5. The minimum atomic E-state index is -0.656. The van der Waals surface area contributed by atoms with E-state index >= 15 is 0 Å². The maximum absolute atomic E-state index is 12.6. The van der Waals surface area contributed by atoms with Crippen molar-refractivity contribution in [2.45, 2.75) is 25.4 Å². The lowest BCUT2D eigenvalue weighted by molar-refractivity contribution is -0.134. The second-order valence-electron chi connectivity index (χ2n) is 6.12. The van der Waals surface area contributed by atoms with Crippen LogP contribution in [0.25, 0.3) is 0 Å². The highest BCUT2D eigenvalue weighted by molar-refractivity contribution is 6.42. The fourth-order valence-corrected chi connectivity index (χ4v) is 3.20. The Bertz CT molecular complexity index is 551. The van der Waals surface area contributed by atoms with E-state index < -0.39 is 6.04 Å². The molecule has 1 atom stereocenters. The van der Waals surface area contributed by atoms with Crippen molar-refractivity contribution in [2.75, 3.05) is 39.9 Å². The third-order valence-electron chi connectivity index (χ3n) is 4.22. The average molecular weight is 374 g/mol. The quantitative estimate of drug-likeness (QED) is 0.759. The smallest absolute Gasteiger partial charge is 0.242 e. The predicted molar refractivity (Wildman–Crippen MR) is 97.4 cm³/mol. The summed E-state index contributed by atoms with van der Waals surface area (Å²) in [4.78, 5) is 16.8. The number of nitrogens with two attached hydrogens (primary N) is 1. The maximum atomic E-state index is 12.6. The average Bonchev–Trinajstić information content (AvgIpc) is 3.07. The van der Waals surface area contributed by atoms with Crippen molar-refractivity contribution in [3.8, 4) is 0 Å². The van der Waals surface area contributed by atoms with Gasteiger partial charge in [-0.25, -0.2) is 0 Å². The molecule has 1 heterocycles. The van der Waals surface area contributed by atoms with Crippen LogP contribution in [0.2, 0.25) is 10.0 Å². The molecule has 24 heavy (non-hydrogen) atoms. The summed E-state index contributed by atoms with van der Waals surface area (Å²) in [5.74, 6) is -0.109. The summed E-state index contributed by atoms with van der Waals surface area (Å²) in [6.45, 7) is 4.35. The molecule has 2 rings (SSSR count). The van der Waals surface area contributed by atoms with E-state index in [0.29, 0.717) is 23.1 Å². The molecule has 5 nitrogen and oxygen atoms in total. The summed E-state index contributed by atoms with van der Waals surface area (Å²) in [7, 11) is 1.54. The molecule has 0 aromatic heterocycles. The number of hydrogen-bond donors (Lipinski definition) is 1. The monoisotopic (exact) mass is 373 g/mol. The second kappa shape index (κ2) is 9.59. The molecule has 1 fully saturated rings. The first-order chi connectivity index (χ1) is 11.5. The van der Waals surface area contributed by atoms with E-state index in [1.165, 1.54) is 12.8 Å². The molecule has 0 aliphatic carbocycles. The lowest BCUT2D eigenvalue weighted by Gasteiger charge is -2.28. The molecule has 1 aromatic rings. The molecule has 1 saturated heterocycles. The Morgan fingerprint density at radius 1 is 1.33 bits per heavy atom. The molecule has 2 N–H and O–H groups in total. The molecule has 1 aromatic carbocycles.